The first-order chi connectivity index (χ1) is 17.4. The van der Waals surface area contributed by atoms with Crippen molar-refractivity contribution >= 4 is 11.8 Å². The van der Waals surface area contributed by atoms with Gasteiger partial charge in [-0.15, -0.1) is 0 Å². The number of ether oxygens (including phenoxy) is 1. The average Bonchev–Trinajstić information content (AvgIpc) is 3.43. The van der Waals surface area contributed by atoms with Gasteiger partial charge in [0.1, 0.15) is 0 Å². The van der Waals surface area contributed by atoms with E-state index in [1.165, 1.54) is 11.8 Å². The van der Waals surface area contributed by atoms with Crippen molar-refractivity contribution in [2.45, 2.75) is 62.8 Å². The van der Waals surface area contributed by atoms with Crippen molar-refractivity contribution in [3.8, 4) is 0 Å². The Morgan fingerprint density at radius 2 is 1.47 bits per heavy atom. The van der Waals surface area contributed by atoms with Crippen molar-refractivity contribution in [3.63, 3.8) is 0 Å². The number of carbonyl (C=O) groups excluding carboxylic acids is 1. The van der Waals surface area contributed by atoms with Gasteiger partial charge < -0.3 is 9.84 Å². The second kappa shape index (κ2) is 9.06. The van der Waals surface area contributed by atoms with E-state index in [9.17, 15) is 49.4 Å². The second-order valence-electron chi connectivity index (χ2n) is 9.61. The van der Waals surface area contributed by atoms with Crippen LogP contribution in [0.15, 0.2) is 36.4 Å². The van der Waals surface area contributed by atoms with E-state index < -0.39 is 64.4 Å². The lowest BCUT2D eigenvalue weighted by atomic mass is 9.77. The Hall–Kier alpha value is -2.96. The fraction of sp³-hybridized carbons (Fsp3) is 0.480. The topological polar surface area (TPSA) is 49.8 Å². The summed E-state index contributed by atoms with van der Waals surface area (Å²) in [4.78, 5) is 14.1. The van der Waals surface area contributed by atoms with Crippen molar-refractivity contribution in [3.05, 3.63) is 64.2 Å². The third-order valence-electron chi connectivity index (χ3n) is 7.21. The van der Waals surface area contributed by atoms with Crippen LogP contribution < -0.4 is 4.90 Å². The van der Waals surface area contributed by atoms with Crippen LogP contribution in [-0.2, 0) is 23.3 Å². The lowest BCUT2D eigenvalue weighted by Gasteiger charge is -2.43. The molecule has 2 aliphatic rings. The van der Waals surface area contributed by atoms with E-state index in [-0.39, 0.29) is 36.3 Å². The zero-order chi connectivity index (χ0) is 28.4. The largest absolute Gasteiger partial charge is 0.449 e. The number of rotatable bonds is 3. The molecule has 3 unspecified atom stereocenters. The number of carbonyl (C=O) groups is 1. The number of aliphatic hydroxyl groups is 1. The van der Waals surface area contributed by atoms with E-state index in [0.29, 0.717) is 30.7 Å². The number of anilines is 1. The number of hydrogen-bond donors (Lipinski definition) is 1. The Morgan fingerprint density at radius 1 is 0.947 bits per heavy atom. The molecule has 13 heteroatoms. The molecule has 1 amide bonds. The number of fused-ring (bicyclic) bond motifs is 1. The zero-order valence-corrected chi connectivity index (χ0v) is 19.9. The van der Waals surface area contributed by atoms with Gasteiger partial charge in [0.15, 0.2) is 0 Å². The van der Waals surface area contributed by atoms with Gasteiger partial charge >= 0.3 is 24.6 Å². The highest BCUT2D eigenvalue weighted by atomic mass is 19.4. The predicted octanol–water partition coefficient (Wildman–Crippen LogP) is 7.71. The second-order valence-corrected chi connectivity index (χ2v) is 9.61. The normalized spacial score (nSPS) is 24.3. The van der Waals surface area contributed by atoms with Crippen LogP contribution in [0.25, 0.3) is 0 Å². The molecule has 1 saturated carbocycles. The molecule has 4 nitrogen and oxygen atoms in total. The third-order valence-corrected chi connectivity index (χ3v) is 7.21. The summed E-state index contributed by atoms with van der Waals surface area (Å²) in [7, 11) is 0. The van der Waals surface area contributed by atoms with Gasteiger partial charge in [-0.05, 0) is 73.2 Å². The molecule has 2 aromatic carbocycles. The molecule has 208 valence electrons. The maximum atomic E-state index is 13.6. The summed E-state index contributed by atoms with van der Waals surface area (Å²) >= 11 is 0. The first kappa shape index (κ1) is 28.1. The van der Waals surface area contributed by atoms with E-state index >= 15 is 0 Å². The molecule has 2 aromatic rings. The Kier molecular flexibility index (Phi) is 6.69. The molecular weight excluding hydrogens is 533 g/mol. The smallest absolute Gasteiger partial charge is 0.416 e. The third kappa shape index (κ3) is 4.92. The van der Waals surface area contributed by atoms with Crippen LogP contribution in [0.4, 0.5) is 50.0 Å². The summed E-state index contributed by atoms with van der Waals surface area (Å²) in [6.07, 6.45) is -18.0. The van der Waals surface area contributed by atoms with Crippen LogP contribution in [0.5, 0.6) is 0 Å². The number of alkyl halides is 9. The lowest BCUT2D eigenvalue weighted by Crippen LogP contribution is -2.49. The van der Waals surface area contributed by atoms with Crippen molar-refractivity contribution in [2.24, 2.45) is 5.92 Å². The van der Waals surface area contributed by atoms with Gasteiger partial charge in [0.05, 0.1) is 40.6 Å². The molecule has 1 N–H and O–H groups in total. The van der Waals surface area contributed by atoms with E-state index in [1.807, 2.05) is 0 Å². The molecule has 1 aliphatic carbocycles. The van der Waals surface area contributed by atoms with Crippen LogP contribution >= 0.6 is 0 Å². The Labute approximate surface area is 211 Å². The van der Waals surface area contributed by atoms with Crippen LogP contribution in [0, 0.1) is 5.92 Å². The fourth-order valence-electron chi connectivity index (χ4n) is 5.25. The highest BCUT2D eigenvalue weighted by Gasteiger charge is 2.62. The van der Waals surface area contributed by atoms with Crippen molar-refractivity contribution in [1.82, 2.24) is 0 Å². The van der Waals surface area contributed by atoms with Gasteiger partial charge in [0.25, 0.3) is 0 Å². The minimum atomic E-state index is -5.18. The number of benzene rings is 2. The van der Waals surface area contributed by atoms with E-state index in [0.717, 1.165) is 6.07 Å². The minimum Gasteiger partial charge on any atom is -0.449 e. The molecule has 0 radical (unpaired) electrons. The SMILES string of the molecule is CCOC(=O)N1c2ccc(C(F)(F)F)cc2C([C@@H](O)c2cc(C(F)(F)F)cc(C(F)(F)F)c2)CC12CC2C. The molecule has 0 aromatic heterocycles. The number of amides is 1. The highest BCUT2D eigenvalue weighted by molar-refractivity contribution is 5.92. The Morgan fingerprint density at radius 3 is 1.92 bits per heavy atom. The lowest BCUT2D eigenvalue weighted by molar-refractivity contribution is -0.143. The first-order valence-corrected chi connectivity index (χ1v) is 11.6. The van der Waals surface area contributed by atoms with Crippen LogP contribution in [0.1, 0.15) is 66.5 Å². The van der Waals surface area contributed by atoms with Gasteiger partial charge in [0.2, 0.25) is 0 Å². The summed E-state index contributed by atoms with van der Waals surface area (Å²) in [6.45, 7) is 3.21. The molecule has 38 heavy (non-hydrogen) atoms. The average molecular weight is 555 g/mol. The fourth-order valence-corrected chi connectivity index (χ4v) is 5.25. The number of nitrogens with zero attached hydrogens (tertiary/aromatic N) is 1. The number of aliphatic hydroxyl groups excluding tert-OH is 1. The van der Waals surface area contributed by atoms with Gasteiger partial charge in [-0.1, -0.05) is 6.92 Å². The van der Waals surface area contributed by atoms with Crippen molar-refractivity contribution in [1.29, 1.82) is 0 Å². The Bertz CT molecular complexity index is 1210. The van der Waals surface area contributed by atoms with Crippen molar-refractivity contribution < 1.29 is 54.2 Å². The van der Waals surface area contributed by atoms with Crippen LogP contribution in [0.3, 0.4) is 0 Å². The first-order valence-electron chi connectivity index (χ1n) is 11.6. The summed E-state index contributed by atoms with van der Waals surface area (Å²) in [5, 5.41) is 11.2. The molecule has 4 rings (SSSR count). The zero-order valence-electron chi connectivity index (χ0n) is 19.9. The van der Waals surface area contributed by atoms with E-state index in [4.69, 9.17) is 4.74 Å². The molecule has 0 saturated heterocycles. The monoisotopic (exact) mass is 555 g/mol. The predicted molar refractivity (Wildman–Crippen MR) is 116 cm³/mol. The van der Waals surface area contributed by atoms with E-state index in [1.54, 1.807) is 6.92 Å². The van der Waals surface area contributed by atoms with Crippen LogP contribution in [-0.4, -0.2) is 23.3 Å². The van der Waals surface area contributed by atoms with Crippen LogP contribution in [0.2, 0.25) is 0 Å². The van der Waals surface area contributed by atoms with Gasteiger partial charge in [-0.2, -0.15) is 39.5 Å². The number of halogens is 9. The summed E-state index contributed by atoms with van der Waals surface area (Å²) < 4.78 is 126. The number of hydrogen-bond acceptors (Lipinski definition) is 3. The molecule has 1 heterocycles. The molecule has 0 bridgehead atoms. The van der Waals surface area contributed by atoms with E-state index in [2.05, 4.69) is 0 Å². The molecule has 1 spiro atoms. The minimum absolute atomic E-state index is 0.0493. The Balaban J connectivity index is 1.91. The summed E-state index contributed by atoms with van der Waals surface area (Å²) in [6, 6.07) is 3.00. The van der Waals surface area contributed by atoms with Crippen molar-refractivity contribution in [2.75, 3.05) is 11.5 Å². The standard InChI is InChI=1S/C25H22F9NO3/c1-3-38-21(37)35-19-5-4-14(23(26,27)28)9-17(19)18(11-22(35)10-12(22)2)20(36)13-6-15(24(29,30)31)8-16(7-13)25(32,33)34/h4-9,12,18,20,36H,3,10-11H2,1-2H3/t12?,18?,20-,22?/m0/s1. The van der Waals surface area contributed by atoms with Gasteiger partial charge in [-0.25, -0.2) is 4.79 Å². The van der Waals surface area contributed by atoms with Gasteiger partial charge in [-0.3, -0.25) is 4.90 Å². The molecule has 1 aliphatic heterocycles. The maximum Gasteiger partial charge on any atom is 0.416 e. The summed E-state index contributed by atoms with van der Waals surface area (Å²) in [5.74, 6) is -1.59. The summed E-state index contributed by atoms with van der Waals surface area (Å²) in [5.41, 5.74) is -6.58. The quantitative estimate of drug-likeness (QED) is 0.395. The molecule has 1 fully saturated rings. The highest BCUT2D eigenvalue weighted by Crippen LogP contribution is 2.62. The maximum absolute atomic E-state index is 13.6. The molecular formula is C25H22F9NO3. The molecule has 4 atom stereocenters. The van der Waals surface area contributed by atoms with Gasteiger partial charge in [0, 0.05) is 5.92 Å².